The smallest absolute Gasteiger partial charge is 0.315 e. The molecule has 6 heteroatoms. The molecule has 0 radical (unpaired) electrons. The number of carbonyl (C=O) groups excluding carboxylic acids is 1. The van der Waals surface area contributed by atoms with Gasteiger partial charge in [0.2, 0.25) is 0 Å². The molecule has 1 aromatic heterocycles. The molecule has 4 rings (SSSR count). The number of aromatic nitrogens is 2. The highest BCUT2D eigenvalue weighted by Gasteiger charge is 2.44. The lowest BCUT2D eigenvalue weighted by atomic mass is 9.75. The number of amides is 2. The average molecular weight is 346 g/mol. The van der Waals surface area contributed by atoms with Gasteiger partial charge in [0.05, 0.1) is 5.69 Å². The fraction of sp³-hybridized carbons (Fsp3) is 0.789. The van der Waals surface area contributed by atoms with Crippen molar-refractivity contribution in [2.24, 2.45) is 5.41 Å². The molecule has 1 aromatic rings. The van der Waals surface area contributed by atoms with E-state index < -0.39 is 0 Å². The summed E-state index contributed by atoms with van der Waals surface area (Å²) in [5, 5.41) is 6.39. The molecule has 138 valence electrons. The lowest BCUT2D eigenvalue weighted by Gasteiger charge is -2.39. The molecule has 0 bridgehead atoms. The normalized spacial score (nSPS) is 27.9. The first-order chi connectivity index (χ1) is 12.2. The first kappa shape index (κ1) is 16.9. The third-order valence-corrected chi connectivity index (χ3v) is 6.45. The fourth-order valence-electron chi connectivity index (χ4n) is 5.07. The number of carbonyl (C=O) groups is 1. The SMILES string of the molecule is Cc1cn2c(n1)[C@H](CNC(=O)N[C@@H]1CCCC13CCOCC3)CCC2. The van der Waals surface area contributed by atoms with Crippen molar-refractivity contribution >= 4 is 6.03 Å². The van der Waals surface area contributed by atoms with Crippen LogP contribution >= 0.6 is 0 Å². The van der Waals surface area contributed by atoms with Crippen LogP contribution in [0.1, 0.15) is 62.4 Å². The molecule has 0 unspecified atom stereocenters. The molecular formula is C19H30N4O2. The molecular weight excluding hydrogens is 316 g/mol. The zero-order valence-electron chi connectivity index (χ0n) is 15.2. The summed E-state index contributed by atoms with van der Waals surface area (Å²) >= 11 is 0. The Balaban J connectivity index is 1.32. The summed E-state index contributed by atoms with van der Waals surface area (Å²) in [5.41, 5.74) is 1.34. The molecule has 2 atom stereocenters. The van der Waals surface area contributed by atoms with E-state index in [1.807, 2.05) is 6.92 Å². The molecule has 2 fully saturated rings. The van der Waals surface area contributed by atoms with E-state index in [0.717, 1.165) is 63.4 Å². The van der Waals surface area contributed by atoms with Gasteiger partial charge in [0, 0.05) is 44.5 Å². The predicted octanol–water partition coefficient (Wildman–Crippen LogP) is 2.72. The molecule has 1 spiro atoms. The Kier molecular flexibility index (Phi) is 4.71. The van der Waals surface area contributed by atoms with Crippen LogP contribution < -0.4 is 10.6 Å². The van der Waals surface area contributed by atoms with Gasteiger partial charge in [-0.25, -0.2) is 9.78 Å². The second kappa shape index (κ2) is 6.98. The Morgan fingerprint density at radius 3 is 3.00 bits per heavy atom. The molecule has 1 aliphatic carbocycles. The van der Waals surface area contributed by atoms with Crippen LogP contribution in [-0.2, 0) is 11.3 Å². The second-order valence-electron chi connectivity index (χ2n) is 8.05. The van der Waals surface area contributed by atoms with Gasteiger partial charge in [-0.3, -0.25) is 0 Å². The number of urea groups is 1. The Morgan fingerprint density at radius 1 is 1.32 bits per heavy atom. The lowest BCUT2D eigenvalue weighted by Crippen LogP contribution is -2.50. The Bertz CT molecular complexity index is 621. The van der Waals surface area contributed by atoms with Crippen LogP contribution in [0.25, 0.3) is 0 Å². The van der Waals surface area contributed by atoms with Crippen molar-refractivity contribution in [1.29, 1.82) is 0 Å². The van der Waals surface area contributed by atoms with E-state index in [-0.39, 0.29) is 11.4 Å². The maximum absolute atomic E-state index is 12.5. The fourth-order valence-corrected chi connectivity index (χ4v) is 5.07. The third-order valence-electron chi connectivity index (χ3n) is 6.45. The number of rotatable bonds is 3. The van der Waals surface area contributed by atoms with Crippen LogP contribution in [0.2, 0.25) is 0 Å². The summed E-state index contributed by atoms with van der Waals surface area (Å²) < 4.78 is 7.78. The van der Waals surface area contributed by atoms with Gasteiger partial charge in [-0.2, -0.15) is 0 Å². The minimum absolute atomic E-state index is 0.0156. The molecule has 25 heavy (non-hydrogen) atoms. The molecule has 1 saturated carbocycles. The molecule has 2 N–H and O–H groups in total. The average Bonchev–Trinajstić information content (AvgIpc) is 3.17. The quantitative estimate of drug-likeness (QED) is 0.884. The Hall–Kier alpha value is -1.56. The largest absolute Gasteiger partial charge is 0.381 e. The number of nitrogens with zero attached hydrogens (tertiary/aromatic N) is 2. The monoisotopic (exact) mass is 346 g/mol. The van der Waals surface area contributed by atoms with E-state index in [0.29, 0.717) is 18.5 Å². The minimum atomic E-state index is -0.0156. The van der Waals surface area contributed by atoms with Crippen molar-refractivity contribution in [3.63, 3.8) is 0 Å². The van der Waals surface area contributed by atoms with Crippen LogP contribution in [-0.4, -0.2) is 41.4 Å². The Morgan fingerprint density at radius 2 is 2.16 bits per heavy atom. The van der Waals surface area contributed by atoms with Gasteiger partial charge in [-0.15, -0.1) is 0 Å². The number of hydrogen-bond donors (Lipinski definition) is 2. The maximum Gasteiger partial charge on any atom is 0.315 e. The van der Waals surface area contributed by atoms with E-state index in [2.05, 4.69) is 26.4 Å². The first-order valence-corrected chi connectivity index (χ1v) is 9.82. The number of hydrogen-bond acceptors (Lipinski definition) is 3. The highest BCUT2D eigenvalue weighted by atomic mass is 16.5. The number of nitrogens with one attached hydrogen (secondary N) is 2. The van der Waals surface area contributed by atoms with E-state index in [1.165, 1.54) is 12.8 Å². The molecule has 0 aromatic carbocycles. The first-order valence-electron chi connectivity index (χ1n) is 9.82. The highest BCUT2D eigenvalue weighted by Crippen LogP contribution is 2.45. The number of fused-ring (bicyclic) bond motifs is 1. The molecule has 2 amide bonds. The van der Waals surface area contributed by atoms with Crippen LogP contribution in [0, 0.1) is 12.3 Å². The van der Waals surface area contributed by atoms with Crippen LogP contribution in [0.5, 0.6) is 0 Å². The van der Waals surface area contributed by atoms with Gasteiger partial charge in [0.25, 0.3) is 0 Å². The number of ether oxygens (including phenoxy) is 1. The highest BCUT2D eigenvalue weighted by molar-refractivity contribution is 5.74. The van der Waals surface area contributed by atoms with Gasteiger partial charge in [-0.1, -0.05) is 6.42 Å². The summed E-state index contributed by atoms with van der Waals surface area (Å²) in [6.07, 6.45) is 10.1. The second-order valence-corrected chi connectivity index (χ2v) is 8.05. The lowest BCUT2D eigenvalue weighted by molar-refractivity contribution is 0.00623. The van der Waals surface area contributed by atoms with E-state index in [9.17, 15) is 4.79 Å². The number of imidazole rings is 1. The minimum Gasteiger partial charge on any atom is -0.381 e. The number of aryl methyl sites for hydroxylation is 2. The molecule has 1 saturated heterocycles. The predicted molar refractivity (Wildman–Crippen MR) is 95.6 cm³/mol. The van der Waals surface area contributed by atoms with Crippen molar-refractivity contribution in [3.8, 4) is 0 Å². The van der Waals surface area contributed by atoms with Gasteiger partial charge in [0.1, 0.15) is 5.82 Å². The topological polar surface area (TPSA) is 68.2 Å². The van der Waals surface area contributed by atoms with Crippen molar-refractivity contribution in [1.82, 2.24) is 20.2 Å². The zero-order valence-corrected chi connectivity index (χ0v) is 15.2. The van der Waals surface area contributed by atoms with Gasteiger partial charge in [-0.05, 0) is 50.9 Å². The van der Waals surface area contributed by atoms with Crippen molar-refractivity contribution in [2.45, 2.75) is 70.4 Å². The van der Waals surface area contributed by atoms with Crippen LogP contribution in [0.3, 0.4) is 0 Å². The van der Waals surface area contributed by atoms with Gasteiger partial charge in [0.15, 0.2) is 0 Å². The van der Waals surface area contributed by atoms with E-state index in [4.69, 9.17) is 4.74 Å². The summed E-state index contributed by atoms with van der Waals surface area (Å²) in [7, 11) is 0. The summed E-state index contributed by atoms with van der Waals surface area (Å²) in [5.74, 6) is 1.46. The molecule has 2 aliphatic heterocycles. The van der Waals surface area contributed by atoms with Crippen molar-refractivity contribution in [2.75, 3.05) is 19.8 Å². The summed E-state index contributed by atoms with van der Waals surface area (Å²) in [4.78, 5) is 17.2. The van der Waals surface area contributed by atoms with Gasteiger partial charge < -0.3 is 19.9 Å². The van der Waals surface area contributed by atoms with Crippen LogP contribution in [0.15, 0.2) is 6.20 Å². The molecule has 3 heterocycles. The third kappa shape index (κ3) is 3.41. The van der Waals surface area contributed by atoms with Crippen LogP contribution in [0.4, 0.5) is 4.79 Å². The summed E-state index contributed by atoms with van der Waals surface area (Å²) in [6.45, 7) is 5.43. The van der Waals surface area contributed by atoms with E-state index >= 15 is 0 Å². The maximum atomic E-state index is 12.5. The van der Waals surface area contributed by atoms with Crippen molar-refractivity contribution < 1.29 is 9.53 Å². The molecule has 3 aliphatic rings. The molecule has 6 nitrogen and oxygen atoms in total. The zero-order chi connectivity index (χ0) is 17.3. The van der Waals surface area contributed by atoms with E-state index in [1.54, 1.807) is 0 Å². The standard InChI is InChI=1S/C19H30N4O2/c1-14-13-23-9-3-4-15(17(23)21-14)12-20-18(24)22-16-5-2-6-19(16)7-10-25-11-8-19/h13,15-16H,2-12H2,1H3,(H2,20,22,24)/t15-,16+/m0/s1. The Labute approximate surface area is 149 Å². The van der Waals surface area contributed by atoms with Gasteiger partial charge >= 0.3 is 6.03 Å². The summed E-state index contributed by atoms with van der Waals surface area (Å²) in [6, 6.07) is 0.283. The van der Waals surface area contributed by atoms with Crippen molar-refractivity contribution in [3.05, 3.63) is 17.7 Å².